The minimum absolute atomic E-state index is 0.0830. The predicted octanol–water partition coefficient (Wildman–Crippen LogP) is 5.75. The lowest BCUT2D eigenvalue weighted by molar-refractivity contribution is -0.124. The zero-order valence-corrected chi connectivity index (χ0v) is 20.1. The molecule has 6 nitrogen and oxygen atoms in total. The number of hydrogen-bond acceptors (Lipinski definition) is 4. The number of ether oxygens (including phenoxy) is 2. The first-order chi connectivity index (χ1) is 15.3. The first-order valence-corrected chi connectivity index (χ1v) is 11.6. The van der Waals surface area contributed by atoms with Crippen LogP contribution in [0.5, 0.6) is 11.5 Å². The number of amides is 1. The molecule has 0 atom stereocenters. The van der Waals surface area contributed by atoms with Crippen molar-refractivity contribution in [3.05, 3.63) is 56.5 Å². The Kier molecular flexibility index (Phi) is 9.17. The van der Waals surface area contributed by atoms with Crippen molar-refractivity contribution in [1.82, 2.24) is 10.6 Å². The maximum absolute atomic E-state index is 12.2. The van der Waals surface area contributed by atoms with Gasteiger partial charge in [-0.25, -0.2) is 0 Å². The number of nitrogens with one attached hydrogen (secondary N) is 3. The van der Waals surface area contributed by atoms with Gasteiger partial charge in [0.2, 0.25) is 0 Å². The molecule has 1 aliphatic rings. The number of halogens is 4. The lowest BCUT2D eigenvalue weighted by Crippen LogP contribution is -2.45. The van der Waals surface area contributed by atoms with Crippen molar-refractivity contribution in [3.8, 4) is 11.5 Å². The summed E-state index contributed by atoms with van der Waals surface area (Å²) in [4.78, 5) is 12.2. The van der Waals surface area contributed by atoms with Crippen LogP contribution in [0.25, 0.3) is 0 Å². The van der Waals surface area contributed by atoms with E-state index in [0.717, 1.165) is 25.7 Å². The van der Waals surface area contributed by atoms with Crippen molar-refractivity contribution in [3.63, 3.8) is 0 Å². The van der Waals surface area contributed by atoms with Crippen LogP contribution in [0.4, 0.5) is 0 Å². The Morgan fingerprint density at radius 3 is 1.75 bits per heavy atom. The van der Waals surface area contributed by atoms with Crippen molar-refractivity contribution >= 4 is 58.1 Å². The van der Waals surface area contributed by atoms with Gasteiger partial charge in [-0.3, -0.25) is 10.2 Å². The second-order valence-corrected chi connectivity index (χ2v) is 9.10. The summed E-state index contributed by atoms with van der Waals surface area (Å²) < 4.78 is 11.1. The van der Waals surface area contributed by atoms with Gasteiger partial charge in [-0.1, -0.05) is 46.4 Å². The van der Waals surface area contributed by atoms with E-state index in [-0.39, 0.29) is 31.2 Å². The van der Waals surface area contributed by atoms with Crippen LogP contribution in [0, 0.1) is 5.41 Å². The largest absolute Gasteiger partial charge is 0.486 e. The van der Waals surface area contributed by atoms with Gasteiger partial charge in [0.1, 0.15) is 23.9 Å². The molecule has 0 unspecified atom stereocenters. The molecule has 1 aliphatic carbocycles. The molecule has 0 spiro atoms. The standard InChI is InChI=1S/C22H23Cl4N3O3/c23-17-7-5-15(9-19(17)25)31-11-21(27)28-13-1-3-14(4-2-13)29-22(30)12-32-16-6-8-18(24)20(26)10-16/h5-10,13-14H,1-4,11-12H2,(H2,27,28)(H,29,30)/t13-,14-. The van der Waals surface area contributed by atoms with E-state index in [1.807, 2.05) is 0 Å². The van der Waals surface area contributed by atoms with Crippen molar-refractivity contribution in [2.45, 2.75) is 37.8 Å². The summed E-state index contributed by atoms with van der Waals surface area (Å²) in [5.41, 5.74) is 0. The summed E-state index contributed by atoms with van der Waals surface area (Å²) in [6, 6.07) is 10.1. The highest BCUT2D eigenvalue weighted by molar-refractivity contribution is 6.42. The molecule has 1 amide bonds. The highest BCUT2D eigenvalue weighted by Crippen LogP contribution is 2.27. The van der Waals surface area contributed by atoms with E-state index in [0.29, 0.717) is 37.4 Å². The van der Waals surface area contributed by atoms with E-state index in [4.69, 9.17) is 61.3 Å². The monoisotopic (exact) mass is 517 g/mol. The summed E-state index contributed by atoms with van der Waals surface area (Å²) in [6.45, 7) is 0.0213. The van der Waals surface area contributed by atoms with E-state index >= 15 is 0 Å². The fraction of sp³-hybridized carbons (Fsp3) is 0.364. The molecule has 32 heavy (non-hydrogen) atoms. The third kappa shape index (κ3) is 7.62. The van der Waals surface area contributed by atoms with E-state index in [1.54, 1.807) is 36.4 Å². The molecule has 3 rings (SSSR count). The smallest absolute Gasteiger partial charge is 0.258 e. The van der Waals surface area contributed by atoms with Gasteiger partial charge in [0.05, 0.1) is 20.1 Å². The Bertz CT molecular complexity index is 888. The van der Waals surface area contributed by atoms with Crippen LogP contribution in [0.15, 0.2) is 36.4 Å². The Morgan fingerprint density at radius 1 is 0.781 bits per heavy atom. The summed E-state index contributed by atoms with van der Waals surface area (Å²) in [7, 11) is 0. The Labute approximate surface area is 207 Å². The fourth-order valence-electron chi connectivity index (χ4n) is 3.38. The SMILES string of the molecule is N=C(COc1ccc(Cl)c(Cl)c1)N[C@H]1CC[C@H](NC(=O)COc2ccc(Cl)c(Cl)c2)CC1. The van der Waals surface area contributed by atoms with E-state index in [9.17, 15) is 4.79 Å². The molecule has 3 N–H and O–H groups in total. The molecule has 10 heteroatoms. The highest BCUT2D eigenvalue weighted by Gasteiger charge is 2.23. The molecule has 1 fully saturated rings. The third-order valence-electron chi connectivity index (χ3n) is 5.01. The van der Waals surface area contributed by atoms with Gasteiger partial charge in [-0.05, 0) is 49.9 Å². The van der Waals surface area contributed by atoms with Gasteiger partial charge < -0.3 is 20.1 Å². The maximum Gasteiger partial charge on any atom is 0.258 e. The minimum Gasteiger partial charge on any atom is -0.486 e. The Balaban J connectivity index is 1.33. The van der Waals surface area contributed by atoms with Crippen molar-refractivity contribution in [1.29, 1.82) is 5.41 Å². The molecule has 172 valence electrons. The summed E-state index contributed by atoms with van der Waals surface area (Å²) in [6.07, 6.45) is 3.32. The van der Waals surface area contributed by atoms with Crippen LogP contribution >= 0.6 is 46.4 Å². The molecular formula is C22H23Cl4N3O3. The van der Waals surface area contributed by atoms with Crippen LogP contribution in [0.3, 0.4) is 0 Å². The van der Waals surface area contributed by atoms with E-state index < -0.39 is 0 Å². The molecule has 0 aromatic heterocycles. The third-order valence-corrected chi connectivity index (χ3v) is 6.48. The molecule has 2 aromatic carbocycles. The molecule has 2 aromatic rings. The van der Waals surface area contributed by atoms with Gasteiger partial charge in [-0.2, -0.15) is 0 Å². The van der Waals surface area contributed by atoms with Gasteiger partial charge in [0, 0.05) is 24.2 Å². The number of benzene rings is 2. The van der Waals surface area contributed by atoms with Crippen LogP contribution in [-0.4, -0.2) is 37.0 Å². The number of hydrogen-bond donors (Lipinski definition) is 3. The lowest BCUT2D eigenvalue weighted by Gasteiger charge is -2.30. The fourth-order valence-corrected chi connectivity index (χ4v) is 3.95. The second kappa shape index (κ2) is 11.8. The van der Waals surface area contributed by atoms with Crippen LogP contribution < -0.4 is 20.1 Å². The van der Waals surface area contributed by atoms with Crippen LogP contribution in [0.1, 0.15) is 25.7 Å². The molecule has 0 aliphatic heterocycles. The van der Waals surface area contributed by atoms with Gasteiger partial charge >= 0.3 is 0 Å². The molecule has 0 saturated heterocycles. The lowest BCUT2D eigenvalue weighted by atomic mass is 9.91. The van der Waals surface area contributed by atoms with Gasteiger partial charge in [-0.15, -0.1) is 0 Å². The Hall–Kier alpha value is -1.86. The highest BCUT2D eigenvalue weighted by atomic mass is 35.5. The zero-order valence-electron chi connectivity index (χ0n) is 17.1. The quantitative estimate of drug-likeness (QED) is 0.307. The average molecular weight is 519 g/mol. The van der Waals surface area contributed by atoms with Gasteiger partial charge in [0.25, 0.3) is 5.91 Å². The number of rotatable bonds is 8. The maximum atomic E-state index is 12.2. The number of carbonyl (C=O) groups excluding carboxylic acids is 1. The second-order valence-electron chi connectivity index (χ2n) is 7.47. The molecule has 0 radical (unpaired) electrons. The summed E-state index contributed by atoms with van der Waals surface area (Å²) >= 11 is 23.7. The van der Waals surface area contributed by atoms with Crippen LogP contribution in [0.2, 0.25) is 20.1 Å². The molecule has 1 saturated carbocycles. The summed E-state index contributed by atoms with van der Waals surface area (Å²) in [5.74, 6) is 1.15. The summed E-state index contributed by atoms with van der Waals surface area (Å²) in [5, 5.41) is 16.0. The van der Waals surface area contributed by atoms with Gasteiger partial charge in [0.15, 0.2) is 6.61 Å². The average Bonchev–Trinajstić information content (AvgIpc) is 2.77. The normalized spacial score (nSPS) is 18.0. The van der Waals surface area contributed by atoms with Crippen molar-refractivity contribution in [2.24, 2.45) is 0 Å². The van der Waals surface area contributed by atoms with E-state index in [1.165, 1.54) is 0 Å². The topological polar surface area (TPSA) is 83.4 Å². The van der Waals surface area contributed by atoms with Crippen molar-refractivity contribution < 1.29 is 14.3 Å². The Morgan fingerprint density at radius 2 is 1.25 bits per heavy atom. The van der Waals surface area contributed by atoms with E-state index in [2.05, 4.69) is 10.6 Å². The predicted molar refractivity (Wildman–Crippen MR) is 129 cm³/mol. The first kappa shape index (κ1) is 24.8. The van der Waals surface area contributed by atoms with Crippen LogP contribution in [-0.2, 0) is 4.79 Å². The first-order valence-electron chi connectivity index (χ1n) is 10.1. The minimum atomic E-state index is -0.185. The molecular weight excluding hydrogens is 496 g/mol. The number of carbonyl (C=O) groups is 1. The molecule has 0 heterocycles. The zero-order chi connectivity index (χ0) is 23.1. The number of amidine groups is 1. The van der Waals surface area contributed by atoms with Crippen molar-refractivity contribution in [2.75, 3.05) is 13.2 Å². The molecule has 0 bridgehead atoms.